The number of rotatable bonds is 9. The lowest BCUT2D eigenvalue weighted by molar-refractivity contribution is 0.150. The average molecular weight is 230 g/mol. The summed E-state index contributed by atoms with van der Waals surface area (Å²) in [6.45, 7) is 10.3. The van der Waals surface area contributed by atoms with Crippen LogP contribution < -0.4 is 5.32 Å². The fourth-order valence-corrected chi connectivity index (χ4v) is 1.94. The van der Waals surface area contributed by atoms with Gasteiger partial charge in [-0.25, -0.2) is 0 Å². The van der Waals surface area contributed by atoms with Gasteiger partial charge in [0.2, 0.25) is 0 Å². The van der Waals surface area contributed by atoms with Gasteiger partial charge in [0.15, 0.2) is 0 Å². The van der Waals surface area contributed by atoms with Gasteiger partial charge >= 0.3 is 0 Å². The van der Waals surface area contributed by atoms with E-state index < -0.39 is 0 Å². The first-order valence-corrected chi connectivity index (χ1v) is 6.36. The van der Waals surface area contributed by atoms with Crippen molar-refractivity contribution in [1.29, 1.82) is 0 Å². The van der Waals surface area contributed by atoms with Crippen LogP contribution in [0, 0.1) is 5.92 Å². The first-order valence-electron chi connectivity index (χ1n) is 6.36. The van der Waals surface area contributed by atoms with Crippen molar-refractivity contribution in [2.24, 2.45) is 5.92 Å². The highest BCUT2D eigenvalue weighted by Crippen LogP contribution is 2.10. The molecule has 1 fully saturated rings. The average Bonchev–Trinajstić information content (AvgIpc) is 2.81. The van der Waals surface area contributed by atoms with Gasteiger partial charge in [-0.05, 0) is 18.9 Å². The van der Waals surface area contributed by atoms with Crippen molar-refractivity contribution in [1.82, 2.24) is 10.2 Å². The number of likely N-dealkylation sites (N-methyl/N-ethyl adjacent to an activating group) is 1. The third kappa shape index (κ3) is 5.80. The van der Waals surface area contributed by atoms with E-state index in [1.807, 2.05) is 0 Å². The highest BCUT2D eigenvalue weighted by Gasteiger charge is 2.14. The fraction of sp³-hybridized carbons (Fsp3) is 1.00. The zero-order chi connectivity index (χ0) is 11.6. The molecule has 1 heterocycles. The number of hydrogen-bond donors (Lipinski definition) is 1. The lowest BCUT2D eigenvalue weighted by Gasteiger charge is -2.20. The van der Waals surface area contributed by atoms with Crippen molar-refractivity contribution in [2.45, 2.75) is 13.3 Å². The first-order chi connectivity index (χ1) is 7.86. The Morgan fingerprint density at radius 3 is 2.94 bits per heavy atom. The topological polar surface area (TPSA) is 33.7 Å². The third-order valence-electron chi connectivity index (χ3n) is 3.12. The number of hydrogen-bond acceptors (Lipinski definition) is 4. The van der Waals surface area contributed by atoms with Crippen molar-refractivity contribution in [3.63, 3.8) is 0 Å². The zero-order valence-electron chi connectivity index (χ0n) is 10.7. The second-order valence-corrected chi connectivity index (χ2v) is 4.36. The van der Waals surface area contributed by atoms with Gasteiger partial charge in [-0.1, -0.05) is 6.92 Å². The van der Waals surface area contributed by atoms with Crippen molar-refractivity contribution in [3.8, 4) is 0 Å². The maximum absolute atomic E-state index is 5.34. The van der Waals surface area contributed by atoms with E-state index in [4.69, 9.17) is 9.47 Å². The van der Waals surface area contributed by atoms with Gasteiger partial charge in [0, 0.05) is 39.9 Å². The van der Waals surface area contributed by atoms with Gasteiger partial charge in [0.25, 0.3) is 0 Å². The minimum atomic E-state index is 0.731. The summed E-state index contributed by atoms with van der Waals surface area (Å²) in [7, 11) is 1.76. The minimum absolute atomic E-state index is 0.731. The van der Waals surface area contributed by atoms with Crippen LogP contribution in [0.2, 0.25) is 0 Å². The molecule has 0 aromatic rings. The molecule has 1 aliphatic rings. The van der Waals surface area contributed by atoms with Gasteiger partial charge in [0.05, 0.1) is 13.2 Å². The van der Waals surface area contributed by atoms with E-state index in [1.54, 1.807) is 7.11 Å². The molecule has 0 saturated carbocycles. The highest BCUT2D eigenvalue weighted by molar-refractivity contribution is 4.67. The molecule has 0 amide bonds. The lowest BCUT2D eigenvalue weighted by atomic mass is 10.1. The summed E-state index contributed by atoms with van der Waals surface area (Å²) in [5.41, 5.74) is 0. The standard InChI is InChI=1S/C12H26N2O2/c1-3-14(7-9-15-2)6-5-13-10-12-4-8-16-11-12/h12-13H,3-11H2,1-2H3. The van der Waals surface area contributed by atoms with E-state index in [-0.39, 0.29) is 0 Å². The van der Waals surface area contributed by atoms with Crippen LogP contribution >= 0.6 is 0 Å². The molecule has 1 aliphatic heterocycles. The van der Waals surface area contributed by atoms with Crippen LogP contribution in [0.25, 0.3) is 0 Å². The van der Waals surface area contributed by atoms with Crippen LogP contribution in [-0.4, -0.2) is 64.6 Å². The molecule has 16 heavy (non-hydrogen) atoms. The molecule has 0 aromatic heterocycles. The largest absolute Gasteiger partial charge is 0.383 e. The van der Waals surface area contributed by atoms with E-state index in [0.29, 0.717) is 0 Å². The molecule has 0 radical (unpaired) electrons. The number of nitrogens with one attached hydrogen (secondary N) is 1. The van der Waals surface area contributed by atoms with Crippen LogP contribution in [0.3, 0.4) is 0 Å². The molecule has 0 aromatic carbocycles. The highest BCUT2D eigenvalue weighted by atomic mass is 16.5. The smallest absolute Gasteiger partial charge is 0.0589 e. The monoisotopic (exact) mass is 230 g/mol. The van der Waals surface area contributed by atoms with E-state index >= 15 is 0 Å². The van der Waals surface area contributed by atoms with Gasteiger partial charge in [0.1, 0.15) is 0 Å². The Labute approximate surface area is 99.3 Å². The molecule has 1 unspecified atom stereocenters. The summed E-state index contributed by atoms with van der Waals surface area (Å²) in [6, 6.07) is 0. The normalized spacial score (nSPS) is 20.8. The Morgan fingerprint density at radius 1 is 1.44 bits per heavy atom. The fourth-order valence-electron chi connectivity index (χ4n) is 1.94. The Kier molecular flexibility index (Phi) is 7.76. The third-order valence-corrected chi connectivity index (χ3v) is 3.12. The molecule has 0 aliphatic carbocycles. The Hall–Kier alpha value is -0.160. The SMILES string of the molecule is CCN(CCNCC1CCOC1)CCOC. The summed E-state index contributed by atoms with van der Waals surface area (Å²) in [5.74, 6) is 0.731. The predicted molar refractivity (Wildman–Crippen MR) is 65.8 cm³/mol. The zero-order valence-corrected chi connectivity index (χ0v) is 10.7. The van der Waals surface area contributed by atoms with Crippen LogP contribution in [0.1, 0.15) is 13.3 Å². The Bertz CT molecular complexity index is 161. The first kappa shape index (κ1) is 13.9. The number of methoxy groups -OCH3 is 1. The van der Waals surface area contributed by atoms with Crippen molar-refractivity contribution >= 4 is 0 Å². The molecule has 1 atom stereocenters. The lowest BCUT2D eigenvalue weighted by Crippen LogP contribution is -2.35. The maximum atomic E-state index is 5.34. The van der Waals surface area contributed by atoms with Crippen molar-refractivity contribution in [2.75, 3.05) is 59.7 Å². The van der Waals surface area contributed by atoms with E-state index in [9.17, 15) is 0 Å². The molecule has 0 bridgehead atoms. The second kappa shape index (κ2) is 8.93. The molecule has 0 spiro atoms. The summed E-state index contributed by atoms with van der Waals surface area (Å²) in [4.78, 5) is 2.40. The van der Waals surface area contributed by atoms with E-state index in [0.717, 1.165) is 58.5 Å². The molecular formula is C12H26N2O2. The summed E-state index contributed by atoms with van der Waals surface area (Å²) >= 11 is 0. The van der Waals surface area contributed by atoms with Gasteiger partial charge in [-0.15, -0.1) is 0 Å². The Morgan fingerprint density at radius 2 is 2.31 bits per heavy atom. The molecule has 4 heteroatoms. The van der Waals surface area contributed by atoms with Crippen LogP contribution in [0.5, 0.6) is 0 Å². The second-order valence-electron chi connectivity index (χ2n) is 4.36. The van der Waals surface area contributed by atoms with Crippen LogP contribution in [-0.2, 0) is 9.47 Å². The minimum Gasteiger partial charge on any atom is -0.383 e. The number of ether oxygens (including phenoxy) is 2. The quantitative estimate of drug-likeness (QED) is 0.588. The predicted octanol–water partition coefficient (Wildman–Crippen LogP) is 0.581. The summed E-state index contributed by atoms with van der Waals surface area (Å²) < 4.78 is 10.4. The Balaban J connectivity index is 1.95. The number of nitrogens with zero attached hydrogens (tertiary/aromatic N) is 1. The molecule has 1 N–H and O–H groups in total. The van der Waals surface area contributed by atoms with Gasteiger partial charge < -0.3 is 19.7 Å². The molecule has 4 nitrogen and oxygen atoms in total. The van der Waals surface area contributed by atoms with E-state index in [2.05, 4.69) is 17.1 Å². The molecular weight excluding hydrogens is 204 g/mol. The summed E-state index contributed by atoms with van der Waals surface area (Å²) in [6.07, 6.45) is 1.22. The van der Waals surface area contributed by atoms with Crippen LogP contribution in [0.15, 0.2) is 0 Å². The van der Waals surface area contributed by atoms with Crippen molar-refractivity contribution in [3.05, 3.63) is 0 Å². The van der Waals surface area contributed by atoms with Crippen LogP contribution in [0.4, 0.5) is 0 Å². The van der Waals surface area contributed by atoms with Gasteiger partial charge in [-0.3, -0.25) is 0 Å². The van der Waals surface area contributed by atoms with Gasteiger partial charge in [-0.2, -0.15) is 0 Å². The maximum Gasteiger partial charge on any atom is 0.0589 e. The molecule has 1 rings (SSSR count). The van der Waals surface area contributed by atoms with E-state index in [1.165, 1.54) is 6.42 Å². The summed E-state index contributed by atoms with van der Waals surface area (Å²) in [5, 5.41) is 3.51. The molecule has 1 saturated heterocycles. The molecule has 96 valence electrons. The van der Waals surface area contributed by atoms with Crippen molar-refractivity contribution < 1.29 is 9.47 Å².